The van der Waals surface area contributed by atoms with Gasteiger partial charge in [0.25, 0.3) is 0 Å². The zero-order valence-electron chi connectivity index (χ0n) is 20.2. The fraction of sp³-hybridized carbons (Fsp3) is 0.423. The highest BCUT2D eigenvalue weighted by molar-refractivity contribution is 6.42. The Morgan fingerprint density at radius 1 is 1.00 bits per heavy atom. The zero-order chi connectivity index (χ0) is 25.8. The van der Waals surface area contributed by atoms with E-state index in [1.807, 2.05) is 18.2 Å². The molecule has 2 aliphatic rings. The minimum Gasteiger partial charge on any atom is -0.494 e. The number of imidazole rings is 1. The summed E-state index contributed by atoms with van der Waals surface area (Å²) in [6.07, 6.45) is 5.16. The van der Waals surface area contributed by atoms with Crippen molar-refractivity contribution in [2.24, 2.45) is 5.92 Å². The van der Waals surface area contributed by atoms with Gasteiger partial charge in [0.05, 0.1) is 16.7 Å². The van der Waals surface area contributed by atoms with E-state index in [9.17, 15) is 10.1 Å². The van der Waals surface area contributed by atoms with Crippen LogP contribution in [0.25, 0.3) is 0 Å². The Labute approximate surface area is 225 Å². The van der Waals surface area contributed by atoms with Gasteiger partial charge in [-0.2, -0.15) is 0 Å². The molecule has 0 saturated carbocycles. The molecule has 2 aromatic carbocycles. The van der Waals surface area contributed by atoms with Crippen molar-refractivity contribution in [2.45, 2.75) is 38.3 Å². The molecule has 3 aromatic rings. The molecule has 9 nitrogen and oxygen atoms in total. The van der Waals surface area contributed by atoms with Crippen LogP contribution in [0.1, 0.15) is 25.7 Å². The van der Waals surface area contributed by atoms with Gasteiger partial charge in [0.15, 0.2) is 0 Å². The van der Waals surface area contributed by atoms with Gasteiger partial charge in [-0.1, -0.05) is 23.2 Å². The number of hydrogen-bond donors (Lipinski definition) is 0. The van der Waals surface area contributed by atoms with Gasteiger partial charge in [-0.3, -0.25) is 4.57 Å². The molecule has 0 radical (unpaired) electrons. The fourth-order valence-electron chi connectivity index (χ4n) is 4.67. The molecular formula is C26H28Cl2N4O5. The predicted molar refractivity (Wildman–Crippen MR) is 141 cm³/mol. The first-order valence-corrected chi connectivity index (χ1v) is 13.1. The lowest BCUT2D eigenvalue weighted by Gasteiger charge is -2.33. The third kappa shape index (κ3) is 6.40. The second-order valence-corrected chi connectivity index (χ2v) is 10.1. The van der Waals surface area contributed by atoms with Crippen LogP contribution >= 0.6 is 23.2 Å². The normalized spacial score (nSPS) is 17.7. The summed E-state index contributed by atoms with van der Waals surface area (Å²) < 4.78 is 19.2. The van der Waals surface area contributed by atoms with Crippen molar-refractivity contribution in [3.05, 3.63) is 68.8 Å². The molecule has 0 unspecified atom stereocenters. The highest BCUT2D eigenvalue weighted by Crippen LogP contribution is 2.29. The number of aromatic nitrogens is 2. The molecule has 2 aliphatic heterocycles. The number of halogens is 2. The van der Waals surface area contributed by atoms with Crippen molar-refractivity contribution < 1.29 is 19.1 Å². The van der Waals surface area contributed by atoms with Gasteiger partial charge >= 0.3 is 11.8 Å². The number of aryl methyl sites for hydroxylation is 1. The van der Waals surface area contributed by atoms with Crippen LogP contribution < -0.4 is 19.1 Å². The number of nitrogens with zero attached hydrogens (tertiary/aromatic N) is 4. The van der Waals surface area contributed by atoms with Gasteiger partial charge in [-0.05, 0) is 66.5 Å². The number of fused-ring (bicyclic) bond motifs is 1. The molecule has 0 aliphatic carbocycles. The lowest BCUT2D eigenvalue weighted by atomic mass is 9.93. The molecule has 0 N–H and O–H groups in total. The largest absolute Gasteiger partial charge is 0.494 e. The van der Waals surface area contributed by atoms with Crippen molar-refractivity contribution in [1.82, 2.24) is 9.55 Å². The Bertz CT molecular complexity index is 1230. The summed E-state index contributed by atoms with van der Waals surface area (Å²) in [5, 5.41) is 11.9. The Morgan fingerprint density at radius 3 is 2.49 bits per heavy atom. The van der Waals surface area contributed by atoms with E-state index >= 15 is 0 Å². The van der Waals surface area contributed by atoms with Crippen molar-refractivity contribution >= 4 is 34.7 Å². The summed E-state index contributed by atoms with van der Waals surface area (Å²) >= 11 is 12.0. The standard InChI is InChI=1S/C26H28Cl2N4O5/c27-23-6-5-21(15-24(23)28)35-14-10-18-7-11-30(12-8-18)19-1-3-20(4-2-19)36-17-22-9-13-31-16-25(32(33)34)29-26(31)37-22/h1-6,15-16,18,22H,7-14,17H2/t22-/m1/s1. The Kier molecular flexibility index (Phi) is 7.90. The number of rotatable bonds is 9. The van der Waals surface area contributed by atoms with Crippen LogP contribution in [-0.2, 0) is 6.54 Å². The predicted octanol–water partition coefficient (Wildman–Crippen LogP) is 6.01. The van der Waals surface area contributed by atoms with E-state index in [2.05, 4.69) is 22.0 Å². The average molecular weight is 547 g/mol. The van der Waals surface area contributed by atoms with Gasteiger partial charge in [0.2, 0.25) is 0 Å². The van der Waals surface area contributed by atoms with Crippen LogP contribution in [0.5, 0.6) is 17.5 Å². The van der Waals surface area contributed by atoms with Crippen LogP contribution in [0.3, 0.4) is 0 Å². The summed E-state index contributed by atoms with van der Waals surface area (Å²) in [6, 6.07) is 13.7. The van der Waals surface area contributed by atoms with E-state index in [-0.39, 0.29) is 17.9 Å². The van der Waals surface area contributed by atoms with Gasteiger partial charge in [-0.15, -0.1) is 0 Å². The molecule has 0 amide bonds. The highest BCUT2D eigenvalue weighted by atomic mass is 35.5. The van der Waals surface area contributed by atoms with Gasteiger partial charge in [0.1, 0.15) is 30.4 Å². The zero-order valence-corrected chi connectivity index (χ0v) is 21.7. The number of hydrogen-bond acceptors (Lipinski definition) is 7. The van der Waals surface area contributed by atoms with Crippen molar-refractivity contribution in [3.63, 3.8) is 0 Å². The molecule has 5 rings (SSSR count). The third-order valence-corrected chi connectivity index (χ3v) is 7.56. The quantitative estimate of drug-likeness (QED) is 0.239. The monoisotopic (exact) mass is 546 g/mol. The van der Waals surface area contributed by atoms with Crippen LogP contribution in [-0.4, -0.2) is 46.9 Å². The van der Waals surface area contributed by atoms with Gasteiger partial charge in [0, 0.05) is 42.8 Å². The first-order chi connectivity index (χ1) is 17.9. The lowest BCUT2D eigenvalue weighted by Crippen LogP contribution is -2.34. The second kappa shape index (κ2) is 11.5. The number of ether oxygens (including phenoxy) is 3. The number of nitro groups is 1. The maximum atomic E-state index is 10.9. The van der Waals surface area contributed by atoms with Crippen LogP contribution in [0.15, 0.2) is 48.7 Å². The fourth-order valence-corrected chi connectivity index (χ4v) is 4.96. The topological polar surface area (TPSA) is 91.9 Å². The van der Waals surface area contributed by atoms with Crippen molar-refractivity contribution in [2.75, 3.05) is 31.2 Å². The van der Waals surface area contributed by atoms with Gasteiger partial charge in [-0.25, -0.2) is 0 Å². The van der Waals surface area contributed by atoms with Crippen LogP contribution in [0, 0.1) is 16.0 Å². The SMILES string of the molecule is O=[N+]([O-])c1cn2c(n1)O[C@@H](COc1ccc(N3CCC(CCOc4ccc(Cl)c(Cl)c4)CC3)cc1)CC2. The first-order valence-electron chi connectivity index (χ1n) is 12.4. The summed E-state index contributed by atoms with van der Waals surface area (Å²) in [6.45, 7) is 3.65. The highest BCUT2D eigenvalue weighted by Gasteiger charge is 2.28. The number of benzene rings is 2. The van der Waals surface area contributed by atoms with Crippen molar-refractivity contribution in [3.8, 4) is 17.5 Å². The maximum Gasteiger partial charge on any atom is 0.414 e. The molecule has 1 fully saturated rings. The second-order valence-electron chi connectivity index (χ2n) is 9.31. The number of anilines is 1. The molecule has 1 saturated heterocycles. The average Bonchev–Trinajstić information content (AvgIpc) is 3.34. The molecule has 196 valence electrons. The van der Waals surface area contributed by atoms with Crippen LogP contribution in [0.4, 0.5) is 11.5 Å². The molecule has 1 atom stereocenters. The molecule has 11 heteroatoms. The number of piperidine rings is 1. The van der Waals surface area contributed by atoms with E-state index in [1.54, 1.807) is 16.7 Å². The molecule has 0 spiro atoms. The first kappa shape index (κ1) is 25.5. The minimum atomic E-state index is -0.516. The van der Waals surface area contributed by atoms with E-state index < -0.39 is 4.92 Å². The molecule has 0 bridgehead atoms. The summed E-state index contributed by atoms with van der Waals surface area (Å²) in [7, 11) is 0. The van der Waals surface area contributed by atoms with Gasteiger partial charge < -0.3 is 29.2 Å². The lowest BCUT2D eigenvalue weighted by molar-refractivity contribution is -0.389. The summed E-state index contributed by atoms with van der Waals surface area (Å²) in [5.41, 5.74) is 1.18. The van der Waals surface area contributed by atoms with E-state index in [0.29, 0.717) is 42.1 Å². The summed E-state index contributed by atoms with van der Waals surface area (Å²) in [4.78, 5) is 16.7. The van der Waals surface area contributed by atoms with Crippen molar-refractivity contribution in [1.29, 1.82) is 0 Å². The Balaban J connectivity index is 1.03. The molecule has 1 aromatic heterocycles. The smallest absolute Gasteiger partial charge is 0.414 e. The molecule has 37 heavy (non-hydrogen) atoms. The minimum absolute atomic E-state index is 0.200. The molecule has 3 heterocycles. The molecular weight excluding hydrogens is 519 g/mol. The Hall–Kier alpha value is -3.17. The Morgan fingerprint density at radius 2 is 1.76 bits per heavy atom. The van der Waals surface area contributed by atoms with E-state index in [4.69, 9.17) is 37.4 Å². The maximum absolute atomic E-state index is 10.9. The van der Waals surface area contributed by atoms with E-state index in [1.165, 1.54) is 11.9 Å². The van der Waals surface area contributed by atoms with Crippen LogP contribution in [0.2, 0.25) is 10.0 Å². The third-order valence-electron chi connectivity index (χ3n) is 6.82. The summed E-state index contributed by atoms with van der Waals surface area (Å²) in [5.74, 6) is 1.95. The van der Waals surface area contributed by atoms with E-state index in [0.717, 1.165) is 43.9 Å².